The summed E-state index contributed by atoms with van der Waals surface area (Å²) in [6.45, 7) is 8.27. The second kappa shape index (κ2) is 8.17. The molecule has 37 heavy (non-hydrogen) atoms. The molecule has 0 saturated carbocycles. The fourth-order valence-corrected chi connectivity index (χ4v) is 5.15. The summed E-state index contributed by atoms with van der Waals surface area (Å²) in [6, 6.07) is 28.6. The quantitative estimate of drug-likeness (QED) is 0.269. The molecule has 0 fully saturated rings. The Balaban J connectivity index is 1.56. The average molecular weight is 479 g/mol. The second-order valence-corrected chi connectivity index (χ2v) is 8.74. The SMILES string of the molecule is C=Cc1c(C=C)n2c(nc3c4ccccc4n(-c4ccccc4)c32)n1-c1ccc(-c2ccccn2)nc1. The van der Waals surface area contributed by atoms with E-state index in [1.54, 1.807) is 6.20 Å². The van der Waals surface area contributed by atoms with Gasteiger partial charge in [0.25, 0.3) is 0 Å². The van der Waals surface area contributed by atoms with Crippen molar-refractivity contribution in [3.8, 4) is 22.8 Å². The first-order valence-electron chi connectivity index (χ1n) is 12.0. The van der Waals surface area contributed by atoms with E-state index in [1.165, 1.54) is 0 Å². The molecule has 0 amide bonds. The molecule has 0 bridgehead atoms. The lowest BCUT2D eigenvalue weighted by Crippen LogP contribution is -1.99. The number of para-hydroxylation sites is 2. The smallest absolute Gasteiger partial charge is 0.221 e. The molecule has 0 radical (unpaired) electrons. The van der Waals surface area contributed by atoms with Crippen molar-refractivity contribution >= 4 is 40.0 Å². The zero-order chi connectivity index (χ0) is 24.9. The van der Waals surface area contributed by atoms with E-state index in [9.17, 15) is 0 Å². The van der Waals surface area contributed by atoms with Gasteiger partial charge in [0.15, 0.2) is 5.65 Å². The van der Waals surface area contributed by atoms with E-state index in [2.05, 4.69) is 80.2 Å². The maximum absolute atomic E-state index is 5.19. The van der Waals surface area contributed by atoms with Gasteiger partial charge in [-0.15, -0.1) is 0 Å². The first-order valence-corrected chi connectivity index (χ1v) is 12.0. The van der Waals surface area contributed by atoms with Gasteiger partial charge in [0.2, 0.25) is 5.78 Å². The van der Waals surface area contributed by atoms with Crippen LogP contribution < -0.4 is 0 Å². The average Bonchev–Trinajstić information content (AvgIpc) is 3.59. The Bertz CT molecular complexity index is 1940. The molecule has 0 spiro atoms. The molecule has 5 heterocycles. The predicted octanol–water partition coefficient (Wildman–Crippen LogP) is 6.97. The summed E-state index contributed by atoms with van der Waals surface area (Å²) in [4.78, 5) is 14.3. The Kier molecular flexibility index (Phi) is 4.66. The molecule has 0 aliphatic rings. The molecule has 0 aliphatic heterocycles. The summed E-state index contributed by atoms with van der Waals surface area (Å²) >= 11 is 0. The van der Waals surface area contributed by atoms with E-state index >= 15 is 0 Å². The number of hydrogen-bond acceptors (Lipinski definition) is 3. The highest BCUT2D eigenvalue weighted by molar-refractivity contribution is 6.07. The Labute approximate surface area is 213 Å². The number of aromatic nitrogens is 6. The van der Waals surface area contributed by atoms with Crippen LogP contribution >= 0.6 is 0 Å². The Morgan fingerprint density at radius 3 is 2.14 bits per heavy atom. The monoisotopic (exact) mass is 478 g/mol. The largest absolute Gasteiger partial charge is 0.294 e. The molecule has 7 rings (SSSR count). The molecule has 6 heteroatoms. The molecule has 2 aromatic carbocycles. The van der Waals surface area contributed by atoms with E-state index in [1.807, 2.05) is 54.7 Å². The third-order valence-electron chi connectivity index (χ3n) is 6.73. The number of fused-ring (bicyclic) bond motifs is 5. The van der Waals surface area contributed by atoms with Gasteiger partial charge in [-0.25, -0.2) is 4.98 Å². The van der Waals surface area contributed by atoms with Gasteiger partial charge in [-0.05, 0) is 54.6 Å². The molecule has 6 nitrogen and oxygen atoms in total. The van der Waals surface area contributed by atoms with Gasteiger partial charge < -0.3 is 0 Å². The normalized spacial score (nSPS) is 11.5. The van der Waals surface area contributed by atoms with Crippen molar-refractivity contribution in [2.24, 2.45) is 0 Å². The van der Waals surface area contributed by atoms with Crippen LogP contribution in [0.1, 0.15) is 11.4 Å². The minimum Gasteiger partial charge on any atom is -0.294 e. The minimum atomic E-state index is 0.776. The summed E-state index contributed by atoms with van der Waals surface area (Å²) in [6.07, 6.45) is 7.34. The van der Waals surface area contributed by atoms with Gasteiger partial charge in [-0.3, -0.25) is 23.5 Å². The van der Waals surface area contributed by atoms with Crippen molar-refractivity contribution in [3.05, 3.63) is 122 Å². The van der Waals surface area contributed by atoms with E-state index < -0.39 is 0 Å². The zero-order valence-corrected chi connectivity index (χ0v) is 20.0. The van der Waals surface area contributed by atoms with E-state index in [-0.39, 0.29) is 0 Å². The molecular weight excluding hydrogens is 456 g/mol. The lowest BCUT2D eigenvalue weighted by Gasteiger charge is -2.07. The first-order chi connectivity index (χ1) is 18.3. The molecule has 0 unspecified atom stereocenters. The van der Waals surface area contributed by atoms with Crippen LogP contribution in [0.15, 0.2) is 110 Å². The van der Waals surface area contributed by atoms with Crippen LogP contribution in [0, 0.1) is 0 Å². The summed E-state index contributed by atoms with van der Waals surface area (Å²) in [7, 11) is 0. The third kappa shape index (κ3) is 3.02. The van der Waals surface area contributed by atoms with Crippen molar-refractivity contribution in [1.82, 2.24) is 28.5 Å². The van der Waals surface area contributed by atoms with Crippen LogP contribution in [0.2, 0.25) is 0 Å². The first kappa shape index (κ1) is 21.1. The van der Waals surface area contributed by atoms with Crippen LogP contribution in [0.5, 0.6) is 0 Å². The van der Waals surface area contributed by atoms with Crippen LogP contribution in [-0.2, 0) is 0 Å². The molecule has 0 N–H and O–H groups in total. The van der Waals surface area contributed by atoms with Crippen molar-refractivity contribution in [3.63, 3.8) is 0 Å². The fourth-order valence-electron chi connectivity index (χ4n) is 5.15. The van der Waals surface area contributed by atoms with Gasteiger partial charge >= 0.3 is 0 Å². The van der Waals surface area contributed by atoms with Gasteiger partial charge in [-0.2, -0.15) is 0 Å². The van der Waals surface area contributed by atoms with Crippen molar-refractivity contribution in [2.75, 3.05) is 0 Å². The lowest BCUT2D eigenvalue weighted by molar-refractivity contribution is 1.04. The van der Waals surface area contributed by atoms with E-state index in [0.717, 1.165) is 62.0 Å². The number of imidazole rings is 2. The van der Waals surface area contributed by atoms with Gasteiger partial charge in [-0.1, -0.05) is 55.6 Å². The zero-order valence-electron chi connectivity index (χ0n) is 20.0. The molecule has 5 aromatic heterocycles. The molecular formula is C31H22N6. The summed E-state index contributed by atoms with van der Waals surface area (Å²) in [5.41, 5.74) is 8.43. The standard InChI is InChI=1S/C31H22N6/c1-3-26-27(4-2)37-30-29(23-14-8-9-16-28(23)35(30)21-12-6-5-7-13-21)34-31(37)36(26)22-17-18-25(33-20-22)24-15-10-11-19-32-24/h3-20H,1-2H2. The maximum atomic E-state index is 5.19. The Hall–Kier alpha value is -5.23. The van der Waals surface area contributed by atoms with Crippen molar-refractivity contribution in [1.29, 1.82) is 0 Å². The minimum absolute atomic E-state index is 0.776. The van der Waals surface area contributed by atoms with Crippen molar-refractivity contribution in [2.45, 2.75) is 0 Å². The second-order valence-electron chi connectivity index (χ2n) is 8.74. The van der Waals surface area contributed by atoms with Crippen LogP contribution in [0.4, 0.5) is 0 Å². The van der Waals surface area contributed by atoms with Crippen LogP contribution in [-0.4, -0.2) is 28.5 Å². The molecule has 0 saturated heterocycles. The number of hydrogen-bond donors (Lipinski definition) is 0. The van der Waals surface area contributed by atoms with Crippen LogP contribution in [0.3, 0.4) is 0 Å². The third-order valence-corrected chi connectivity index (χ3v) is 6.73. The molecule has 0 atom stereocenters. The number of rotatable bonds is 5. The number of benzene rings is 2. The summed E-state index contributed by atoms with van der Waals surface area (Å²) < 4.78 is 6.51. The topological polar surface area (TPSA) is 52.9 Å². The molecule has 176 valence electrons. The highest BCUT2D eigenvalue weighted by Gasteiger charge is 2.25. The Morgan fingerprint density at radius 1 is 0.649 bits per heavy atom. The molecule has 7 aromatic rings. The predicted molar refractivity (Wildman–Crippen MR) is 150 cm³/mol. The van der Waals surface area contributed by atoms with E-state index in [0.29, 0.717) is 0 Å². The van der Waals surface area contributed by atoms with Gasteiger partial charge in [0.05, 0.1) is 40.2 Å². The highest BCUT2D eigenvalue weighted by atomic mass is 15.3. The van der Waals surface area contributed by atoms with E-state index in [4.69, 9.17) is 9.97 Å². The van der Waals surface area contributed by atoms with Crippen LogP contribution in [0.25, 0.3) is 62.8 Å². The number of nitrogens with zero attached hydrogens (tertiary/aromatic N) is 6. The highest BCUT2D eigenvalue weighted by Crippen LogP contribution is 2.36. The lowest BCUT2D eigenvalue weighted by atomic mass is 10.2. The van der Waals surface area contributed by atoms with Gasteiger partial charge in [0.1, 0.15) is 5.52 Å². The maximum Gasteiger partial charge on any atom is 0.221 e. The summed E-state index contributed by atoms with van der Waals surface area (Å²) in [5, 5.41) is 1.09. The van der Waals surface area contributed by atoms with Gasteiger partial charge in [0, 0.05) is 17.3 Å². The molecule has 0 aliphatic carbocycles. The Morgan fingerprint density at radius 2 is 1.41 bits per heavy atom. The summed E-state index contributed by atoms with van der Waals surface area (Å²) in [5.74, 6) is 0.776. The fraction of sp³-hybridized carbons (Fsp3) is 0. The number of pyridine rings is 2. The van der Waals surface area contributed by atoms with Crippen molar-refractivity contribution < 1.29 is 0 Å².